The lowest BCUT2D eigenvalue weighted by molar-refractivity contribution is -0.153. The average Bonchev–Trinajstić information content (AvgIpc) is 1.80. The smallest absolute Gasteiger partial charge is 0.306 e. The number of hydrogen-bond acceptors (Lipinski definition) is 2. The van der Waals surface area contributed by atoms with E-state index in [9.17, 15) is 9.18 Å². The van der Waals surface area contributed by atoms with E-state index in [2.05, 4.69) is 0 Å². The van der Waals surface area contributed by atoms with E-state index in [0.29, 0.717) is 0 Å². The van der Waals surface area contributed by atoms with Crippen molar-refractivity contribution < 1.29 is 19.4 Å². The van der Waals surface area contributed by atoms with Gasteiger partial charge in [-0.05, 0) is 12.8 Å². The third-order valence-electron chi connectivity index (χ3n) is 1.86. The summed E-state index contributed by atoms with van der Waals surface area (Å²) >= 11 is 0. The first-order chi connectivity index (χ1) is 4.57. The van der Waals surface area contributed by atoms with Crippen LogP contribution in [0.25, 0.3) is 0 Å². The van der Waals surface area contributed by atoms with E-state index in [1.165, 1.54) is 0 Å². The van der Waals surface area contributed by atoms with E-state index in [4.69, 9.17) is 10.2 Å². The molecule has 0 aromatic heterocycles. The zero-order chi connectivity index (χ0) is 7.78. The molecule has 10 heavy (non-hydrogen) atoms. The van der Waals surface area contributed by atoms with Gasteiger partial charge in [-0.2, -0.15) is 0 Å². The molecule has 0 radical (unpaired) electrons. The fraction of sp³-hybridized carbons (Fsp3) is 0.833. The van der Waals surface area contributed by atoms with Crippen LogP contribution in [-0.2, 0) is 4.79 Å². The van der Waals surface area contributed by atoms with Crippen molar-refractivity contribution in [2.45, 2.75) is 18.5 Å². The molecule has 0 aromatic carbocycles. The maximum absolute atomic E-state index is 12.7. The zero-order valence-corrected chi connectivity index (χ0v) is 5.38. The Balaban J connectivity index is 2.36. The number of rotatable bonds is 2. The summed E-state index contributed by atoms with van der Waals surface area (Å²) in [6.45, 7) is -0.559. The van der Waals surface area contributed by atoms with Crippen LogP contribution < -0.4 is 0 Å². The van der Waals surface area contributed by atoms with Crippen LogP contribution in [0, 0.1) is 5.92 Å². The molecule has 1 rings (SSSR count). The zero-order valence-electron chi connectivity index (χ0n) is 5.38. The molecule has 0 unspecified atom stereocenters. The van der Waals surface area contributed by atoms with E-state index in [1.54, 1.807) is 0 Å². The number of alkyl halides is 1. The number of aliphatic hydroxyl groups excluding tert-OH is 1. The fourth-order valence-corrected chi connectivity index (χ4v) is 1.13. The van der Waals surface area contributed by atoms with Crippen LogP contribution >= 0.6 is 0 Å². The lowest BCUT2D eigenvalue weighted by Crippen LogP contribution is -2.46. The fourth-order valence-electron chi connectivity index (χ4n) is 1.13. The van der Waals surface area contributed by atoms with Gasteiger partial charge in [-0.25, -0.2) is 4.39 Å². The van der Waals surface area contributed by atoms with Gasteiger partial charge in [0.25, 0.3) is 0 Å². The van der Waals surface area contributed by atoms with E-state index in [1.807, 2.05) is 0 Å². The Labute approximate surface area is 57.5 Å². The van der Waals surface area contributed by atoms with Crippen LogP contribution in [0.5, 0.6) is 0 Å². The summed E-state index contributed by atoms with van der Waals surface area (Å²) in [5, 5.41) is 16.7. The van der Waals surface area contributed by atoms with E-state index >= 15 is 0 Å². The highest BCUT2D eigenvalue weighted by atomic mass is 19.1. The van der Waals surface area contributed by atoms with Crippen molar-refractivity contribution in [3.05, 3.63) is 0 Å². The molecule has 1 saturated carbocycles. The Morgan fingerprint density at radius 3 is 2.50 bits per heavy atom. The quantitative estimate of drug-likeness (QED) is 0.587. The van der Waals surface area contributed by atoms with Gasteiger partial charge in [0.15, 0.2) is 0 Å². The van der Waals surface area contributed by atoms with Crippen molar-refractivity contribution in [1.82, 2.24) is 0 Å². The molecular formula is C6H9FO3. The standard InChI is InChI=1S/C6H9FO3/c7-6(3-8)1-4(2-6)5(9)10/h4,8H,1-3H2,(H,9,10). The summed E-state index contributed by atoms with van der Waals surface area (Å²) in [5.41, 5.74) is -1.61. The van der Waals surface area contributed by atoms with Gasteiger partial charge < -0.3 is 10.2 Å². The predicted octanol–water partition coefficient (Wildman–Crippen LogP) is 0.182. The molecule has 2 N–H and O–H groups in total. The third kappa shape index (κ3) is 1.11. The SMILES string of the molecule is O=C(O)C1CC(F)(CO)C1. The Hall–Kier alpha value is -0.640. The first-order valence-electron chi connectivity index (χ1n) is 3.10. The molecule has 4 heteroatoms. The topological polar surface area (TPSA) is 57.5 Å². The van der Waals surface area contributed by atoms with Crippen LogP contribution in [0.2, 0.25) is 0 Å². The van der Waals surface area contributed by atoms with Crippen molar-refractivity contribution in [2.75, 3.05) is 6.61 Å². The number of carboxylic acids is 1. The maximum atomic E-state index is 12.7. The second-order valence-corrected chi connectivity index (χ2v) is 2.75. The molecule has 1 aliphatic carbocycles. The number of carbonyl (C=O) groups is 1. The molecule has 1 fully saturated rings. The molecule has 58 valence electrons. The number of carboxylic acid groups (broad SMARTS) is 1. The molecule has 0 amide bonds. The molecular weight excluding hydrogens is 139 g/mol. The van der Waals surface area contributed by atoms with Gasteiger partial charge in [-0.3, -0.25) is 4.79 Å². The minimum atomic E-state index is -1.61. The lowest BCUT2D eigenvalue weighted by atomic mass is 9.73. The van der Waals surface area contributed by atoms with Crippen LogP contribution in [0.15, 0.2) is 0 Å². The van der Waals surface area contributed by atoms with Gasteiger partial charge in [-0.15, -0.1) is 0 Å². The Bertz CT molecular complexity index is 151. The predicted molar refractivity (Wildman–Crippen MR) is 31.3 cm³/mol. The average molecular weight is 148 g/mol. The molecule has 0 bridgehead atoms. The summed E-state index contributed by atoms with van der Waals surface area (Å²) in [6.07, 6.45) is -0.0856. The van der Waals surface area contributed by atoms with Crippen molar-refractivity contribution in [3.8, 4) is 0 Å². The minimum absolute atomic E-state index is 0.0428. The molecule has 3 nitrogen and oxygen atoms in total. The number of halogens is 1. The Kier molecular flexibility index (Phi) is 1.64. The van der Waals surface area contributed by atoms with E-state index in [-0.39, 0.29) is 12.8 Å². The molecule has 1 aliphatic rings. The van der Waals surface area contributed by atoms with Crippen molar-refractivity contribution in [2.24, 2.45) is 5.92 Å². The minimum Gasteiger partial charge on any atom is -0.481 e. The van der Waals surface area contributed by atoms with Crippen molar-refractivity contribution >= 4 is 5.97 Å². The molecule has 0 atom stereocenters. The molecule has 0 aliphatic heterocycles. The number of hydrogen-bond donors (Lipinski definition) is 2. The van der Waals surface area contributed by atoms with Gasteiger partial charge in [0, 0.05) is 0 Å². The summed E-state index contributed by atoms with van der Waals surface area (Å²) in [7, 11) is 0. The van der Waals surface area contributed by atoms with Crippen LogP contribution in [-0.4, -0.2) is 28.5 Å². The Morgan fingerprint density at radius 1 is 1.70 bits per heavy atom. The number of aliphatic carboxylic acids is 1. The highest BCUT2D eigenvalue weighted by molar-refractivity contribution is 5.71. The summed E-state index contributed by atoms with van der Waals surface area (Å²) in [6, 6.07) is 0. The molecule has 0 heterocycles. The highest BCUT2D eigenvalue weighted by Gasteiger charge is 2.47. The second kappa shape index (κ2) is 2.20. The number of aliphatic hydroxyl groups is 1. The molecule has 0 saturated heterocycles. The van der Waals surface area contributed by atoms with Gasteiger partial charge >= 0.3 is 5.97 Å². The first-order valence-corrected chi connectivity index (χ1v) is 3.10. The highest BCUT2D eigenvalue weighted by Crippen LogP contribution is 2.40. The van der Waals surface area contributed by atoms with Gasteiger partial charge in [-0.1, -0.05) is 0 Å². The Morgan fingerprint density at radius 2 is 2.20 bits per heavy atom. The van der Waals surface area contributed by atoms with Crippen LogP contribution in [0.1, 0.15) is 12.8 Å². The van der Waals surface area contributed by atoms with Gasteiger partial charge in [0.2, 0.25) is 0 Å². The molecule has 0 aromatic rings. The van der Waals surface area contributed by atoms with Gasteiger partial charge in [0.05, 0.1) is 12.5 Å². The summed E-state index contributed by atoms with van der Waals surface area (Å²) in [4.78, 5) is 10.1. The van der Waals surface area contributed by atoms with Crippen molar-refractivity contribution in [3.63, 3.8) is 0 Å². The first kappa shape index (κ1) is 7.47. The lowest BCUT2D eigenvalue weighted by Gasteiger charge is -2.37. The monoisotopic (exact) mass is 148 g/mol. The van der Waals surface area contributed by atoms with Crippen LogP contribution in [0.3, 0.4) is 0 Å². The second-order valence-electron chi connectivity index (χ2n) is 2.75. The summed E-state index contributed by atoms with van der Waals surface area (Å²) in [5.74, 6) is -1.56. The van der Waals surface area contributed by atoms with Crippen LogP contribution in [0.4, 0.5) is 4.39 Å². The summed E-state index contributed by atoms with van der Waals surface area (Å²) < 4.78 is 12.7. The van der Waals surface area contributed by atoms with Gasteiger partial charge in [0.1, 0.15) is 5.67 Å². The maximum Gasteiger partial charge on any atom is 0.306 e. The largest absolute Gasteiger partial charge is 0.481 e. The van der Waals surface area contributed by atoms with E-state index < -0.39 is 24.2 Å². The third-order valence-corrected chi connectivity index (χ3v) is 1.86. The molecule has 0 spiro atoms. The van der Waals surface area contributed by atoms with E-state index in [0.717, 1.165) is 0 Å². The van der Waals surface area contributed by atoms with Crippen molar-refractivity contribution in [1.29, 1.82) is 0 Å². The normalized spacial score (nSPS) is 38.8.